The van der Waals surface area contributed by atoms with Gasteiger partial charge in [0.15, 0.2) is 6.04 Å². The Bertz CT molecular complexity index is 959. The topological polar surface area (TPSA) is 70.9 Å². The number of piperazine rings is 1. The van der Waals surface area contributed by atoms with Crippen LogP contribution in [0.15, 0.2) is 47.4 Å². The van der Waals surface area contributed by atoms with Gasteiger partial charge >= 0.3 is 0 Å². The molecule has 1 fully saturated rings. The lowest BCUT2D eigenvalue weighted by molar-refractivity contribution is -0.917. The summed E-state index contributed by atoms with van der Waals surface area (Å²) in [5, 5.41) is 3.08. The quantitative estimate of drug-likeness (QED) is 0.777. The van der Waals surface area contributed by atoms with Crippen LogP contribution < -0.4 is 10.2 Å². The molecule has 0 unspecified atom stereocenters. The number of sulfonamides is 1. The minimum atomic E-state index is -3.48. The highest BCUT2D eigenvalue weighted by molar-refractivity contribution is 7.89. The van der Waals surface area contributed by atoms with Gasteiger partial charge in [-0.25, -0.2) is 8.42 Å². The molecule has 6 nitrogen and oxygen atoms in total. The van der Waals surface area contributed by atoms with Crippen LogP contribution in [0.25, 0.3) is 0 Å². The predicted octanol–water partition coefficient (Wildman–Crippen LogP) is 1.53. The van der Waals surface area contributed by atoms with Crippen molar-refractivity contribution >= 4 is 21.6 Å². The van der Waals surface area contributed by atoms with Crippen LogP contribution in [0.4, 0.5) is 5.69 Å². The monoisotopic (exact) mass is 416 g/mol. The Labute approximate surface area is 173 Å². The highest BCUT2D eigenvalue weighted by atomic mass is 32.2. The van der Waals surface area contributed by atoms with Crippen molar-refractivity contribution in [1.29, 1.82) is 0 Å². The normalized spacial score (nSPS) is 17.1. The van der Waals surface area contributed by atoms with E-state index in [9.17, 15) is 13.2 Å². The first-order chi connectivity index (χ1) is 13.7. The van der Waals surface area contributed by atoms with Crippen LogP contribution in [0, 0.1) is 20.8 Å². The molecule has 0 saturated carbocycles. The first-order valence-electron chi connectivity index (χ1n) is 9.98. The Kier molecular flexibility index (Phi) is 6.41. The summed E-state index contributed by atoms with van der Waals surface area (Å²) >= 11 is 0. The van der Waals surface area contributed by atoms with Gasteiger partial charge in [0.25, 0.3) is 5.91 Å². The van der Waals surface area contributed by atoms with Crippen LogP contribution in [0.5, 0.6) is 0 Å². The number of aryl methyl sites for hydroxylation is 3. The van der Waals surface area contributed by atoms with Gasteiger partial charge in [-0.3, -0.25) is 4.79 Å². The molecule has 0 aromatic heterocycles. The number of nitrogens with one attached hydrogen (secondary N) is 2. The number of hydrogen-bond donors (Lipinski definition) is 2. The molecule has 0 aliphatic carbocycles. The van der Waals surface area contributed by atoms with Gasteiger partial charge in [0, 0.05) is 5.69 Å². The van der Waals surface area contributed by atoms with Crippen LogP contribution in [0.3, 0.4) is 0 Å². The molecule has 0 spiro atoms. The number of benzene rings is 2. The molecule has 1 atom stereocenters. The Balaban J connectivity index is 1.63. The van der Waals surface area contributed by atoms with E-state index in [1.807, 2.05) is 27.7 Å². The summed E-state index contributed by atoms with van der Waals surface area (Å²) in [7, 11) is -3.48. The molecule has 1 aliphatic rings. The van der Waals surface area contributed by atoms with Gasteiger partial charge in [-0.2, -0.15) is 4.31 Å². The van der Waals surface area contributed by atoms with E-state index in [1.54, 1.807) is 30.3 Å². The van der Waals surface area contributed by atoms with E-state index in [0.29, 0.717) is 31.1 Å². The Morgan fingerprint density at radius 2 is 1.59 bits per heavy atom. The standard InChI is InChI=1S/C22H29N3O3S/c1-16-14-17(2)21(18(3)15-16)23-22(26)19(4)24-10-12-25(13-11-24)29(27,28)20-8-6-5-7-9-20/h5-9,14-15,19H,10-13H2,1-4H3,(H,23,26)/p+1/t19-/m1/s1. The minimum Gasteiger partial charge on any atom is -0.323 e. The second-order valence-electron chi connectivity index (χ2n) is 7.86. The van der Waals surface area contributed by atoms with Crippen LogP contribution in [0.2, 0.25) is 0 Å². The summed E-state index contributed by atoms with van der Waals surface area (Å²) in [6.45, 7) is 9.98. The van der Waals surface area contributed by atoms with E-state index in [0.717, 1.165) is 21.7 Å². The number of quaternary nitrogens is 1. The molecule has 2 N–H and O–H groups in total. The first-order valence-corrected chi connectivity index (χ1v) is 11.4. The Morgan fingerprint density at radius 3 is 2.14 bits per heavy atom. The smallest absolute Gasteiger partial charge is 0.282 e. The predicted molar refractivity (Wildman–Crippen MR) is 115 cm³/mol. The second-order valence-corrected chi connectivity index (χ2v) is 9.80. The SMILES string of the molecule is Cc1cc(C)c(NC(=O)[C@@H](C)[NH+]2CCN(S(=O)(=O)c3ccccc3)CC2)c(C)c1. The fourth-order valence-corrected chi connectivity index (χ4v) is 5.44. The fourth-order valence-electron chi connectivity index (χ4n) is 3.98. The molecule has 0 radical (unpaired) electrons. The molecule has 2 aromatic rings. The van der Waals surface area contributed by atoms with Crippen molar-refractivity contribution in [3.05, 3.63) is 59.2 Å². The van der Waals surface area contributed by atoms with Crippen molar-refractivity contribution < 1.29 is 18.1 Å². The lowest BCUT2D eigenvalue weighted by Crippen LogP contribution is -3.19. The number of nitrogens with zero attached hydrogens (tertiary/aromatic N) is 1. The van der Waals surface area contributed by atoms with E-state index >= 15 is 0 Å². The van der Waals surface area contributed by atoms with Crippen molar-refractivity contribution in [2.24, 2.45) is 0 Å². The van der Waals surface area contributed by atoms with E-state index < -0.39 is 10.0 Å². The maximum atomic E-state index is 12.8. The molecule has 1 heterocycles. The largest absolute Gasteiger partial charge is 0.323 e. The third-order valence-electron chi connectivity index (χ3n) is 5.68. The van der Waals surface area contributed by atoms with Gasteiger partial charge in [-0.1, -0.05) is 35.9 Å². The lowest BCUT2D eigenvalue weighted by Gasteiger charge is -2.34. The summed E-state index contributed by atoms with van der Waals surface area (Å²) in [6.07, 6.45) is 0. The van der Waals surface area contributed by atoms with E-state index in [1.165, 1.54) is 9.87 Å². The average molecular weight is 417 g/mol. The average Bonchev–Trinajstić information content (AvgIpc) is 2.70. The van der Waals surface area contributed by atoms with Crippen molar-refractivity contribution in [2.45, 2.75) is 38.6 Å². The lowest BCUT2D eigenvalue weighted by atomic mass is 10.0. The highest BCUT2D eigenvalue weighted by Crippen LogP contribution is 2.22. The van der Waals surface area contributed by atoms with E-state index in [4.69, 9.17) is 0 Å². The van der Waals surface area contributed by atoms with Crippen LogP contribution >= 0.6 is 0 Å². The molecular formula is C22H30N3O3S+. The van der Waals surface area contributed by atoms with Gasteiger partial charge < -0.3 is 10.2 Å². The third-order valence-corrected chi connectivity index (χ3v) is 7.59. The fraction of sp³-hybridized carbons (Fsp3) is 0.409. The maximum absolute atomic E-state index is 12.8. The number of anilines is 1. The first kappa shape index (κ1) is 21.5. The van der Waals surface area contributed by atoms with Gasteiger partial charge in [0.1, 0.15) is 0 Å². The molecule has 1 aliphatic heterocycles. The summed E-state index contributed by atoms with van der Waals surface area (Å²) in [6, 6.07) is 12.4. The molecule has 1 saturated heterocycles. The highest BCUT2D eigenvalue weighted by Gasteiger charge is 2.34. The van der Waals surface area contributed by atoms with Crippen molar-refractivity contribution in [1.82, 2.24) is 4.31 Å². The van der Waals surface area contributed by atoms with Gasteiger partial charge in [0.2, 0.25) is 10.0 Å². The van der Waals surface area contributed by atoms with Crippen molar-refractivity contribution in [3.63, 3.8) is 0 Å². The molecule has 156 valence electrons. The zero-order valence-electron chi connectivity index (χ0n) is 17.5. The summed E-state index contributed by atoms with van der Waals surface area (Å²) in [4.78, 5) is 14.3. The van der Waals surface area contributed by atoms with Crippen molar-refractivity contribution in [2.75, 3.05) is 31.5 Å². The molecule has 2 aromatic carbocycles. The number of hydrogen-bond acceptors (Lipinski definition) is 3. The molecule has 0 bridgehead atoms. The number of amides is 1. The summed E-state index contributed by atoms with van der Waals surface area (Å²) in [5.41, 5.74) is 4.15. The second kappa shape index (κ2) is 8.65. The minimum absolute atomic E-state index is 0.0329. The number of rotatable bonds is 5. The number of carbonyl (C=O) groups is 1. The van der Waals surface area contributed by atoms with Gasteiger partial charge in [0.05, 0.1) is 31.1 Å². The molecule has 3 rings (SSSR count). The molecule has 7 heteroatoms. The van der Waals surface area contributed by atoms with E-state index in [-0.39, 0.29) is 11.9 Å². The molecule has 29 heavy (non-hydrogen) atoms. The van der Waals surface area contributed by atoms with Crippen molar-refractivity contribution in [3.8, 4) is 0 Å². The zero-order chi connectivity index (χ0) is 21.2. The van der Waals surface area contributed by atoms with E-state index in [2.05, 4.69) is 17.4 Å². The zero-order valence-corrected chi connectivity index (χ0v) is 18.3. The molecule has 1 amide bonds. The summed E-state index contributed by atoms with van der Waals surface area (Å²) < 4.78 is 27.1. The summed E-state index contributed by atoms with van der Waals surface area (Å²) in [5.74, 6) is -0.0329. The van der Waals surface area contributed by atoms with Crippen LogP contribution in [0.1, 0.15) is 23.6 Å². The number of carbonyl (C=O) groups excluding carboxylic acids is 1. The maximum Gasteiger partial charge on any atom is 0.282 e. The third kappa shape index (κ3) is 4.69. The van der Waals surface area contributed by atoms with Gasteiger partial charge in [-0.05, 0) is 51.0 Å². The Morgan fingerprint density at radius 1 is 1.03 bits per heavy atom. The molecular weight excluding hydrogens is 386 g/mol. The van der Waals surface area contributed by atoms with Crippen LogP contribution in [-0.2, 0) is 14.8 Å². The van der Waals surface area contributed by atoms with Gasteiger partial charge in [-0.15, -0.1) is 0 Å². The Hall–Kier alpha value is -2.22. The van der Waals surface area contributed by atoms with Crippen LogP contribution in [-0.4, -0.2) is 50.9 Å².